The Morgan fingerprint density at radius 2 is 2.05 bits per heavy atom. The smallest absolute Gasteiger partial charge is 0.165 e. The van der Waals surface area contributed by atoms with E-state index in [1.807, 2.05) is 6.07 Å². The molecule has 110 valence electrons. The van der Waals surface area contributed by atoms with Crippen molar-refractivity contribution in [1.82, 2.24) is 5.32 Å². The summed E-state index contributed by atoms with van der Waals surface area (Å²) in [6.45, 7) is 8.85. The number of hydrogen-bond donors (Lipinski definition) is 1. The van der Waals surface area contributed by atoms with E-state index in [2.05, 4.69) is 26.1 Å². The van der Waals surface area contributed by atoms with E-state index in [1.54, 1.807) is 0 Å². The lowest BCUT2D eigenvalue weighted by Crippen LogP contribution is -2.35. The summed E-state index contributed by atoms with van der Waals surface area (Å²) in [5.41, 5.74) is 2.33. The van der Waals surface area contributed by atoms with E-state index in [0.29, 0.717) is 19.1 Å². The van der Waals surface area contributed by atoms with Gasteiger partial charge < -0.3 is 14.8 Å². The first-order valence-electron chi connectivity index (χ1n) is 7.40. The lowest BCUT2D eigenvalue weighted by atomic mass is 9.82. The van der Waals surface area contributed by atoms with Gasteiger partial charge in [-0.2, -0.15) is 0 Å². The van der Waals surface area contributed by atoms with Crippen LogP contribution in [0.3, 0.4) is 0 Å². The molecular formula is C16H22ClNO2. The van der Waals surface area contributed by atoms with Crippen molar-refractivity contribution in [1.29, 1.82) is 0 Å². The van der Waals surface area contributed by atoms with Crippen LogP contribution in [0.5, 0.6) is 11.5 Å². The summed E-state index contributed by atoms with van der Waals surface area (Å²) in [6.07, 6.45) is 2.28. The molecule has 0 spiro atoms. The zero-order chi connectivity index (χ0) is 14.3. The average molecular weight is 296 g/mol. The Hall–Kier alpha value is -0.930. The van der Waals surface area contributed by atoms with E-state index in [9.17, 15) is 0 Å². The molecule has 2 aliphatic rings. The quantitative estimate of drug-likeness (QED) is 0.899. The zero-order valence-corrected chi connectivity index (χ0v) is 13.1. The van der Waals surface area contributed by atoms with Crippen LogP contribution in [0.1, 0.15) is 50.7 Å². The van der Waals surface area contributed by atoms with Crippen molar-refractivity contribution < 1.29 is 9.47 Å². The molecule has 0 amide bonds. The zero-order valence-electron chi connectivity index (χ0n) is 12.4. The molecule has 2 heterocycles. The normalized spacial score (nSPS) is 25.2. The van der Waals surface area contributed by atoms with Gasteiger partial charge in [-0.25, -0.2) is 0 Å². The number of benzene rings is 1. The van der Waals surface area contributed by atoms with Gasteiger partial charge in [-0.15, -0.1) is 0 Å². The van der Waals surface area contributed by atoms with E-state index < -0.39 is 0 Å². The molecule has 1 unspecified atom stereocenters. The van der Waals surface area contributed by atoms with Crippen molar-refractivity contribution >= 4 is 11.6 Å². The molecule has 1 atom stereocenters. The van der Waals surface area contributed by atoms with Gasteiger partial charge in [-0.1, -0.05) is 25.4 Å². The van der Waals surface area contributed by atoms with Crippen LogP contribution in [0.25, 0.3) is 0 Å². The van der Waals surface area contributed by atoms with Gasteiger partial charge in [0.15, 0.2) is 11.5 Å². The second kappa shape index (κ2) is 5.12. The van der Waals surface area contributed by atoms with E-state index in [-0.39, 0.29) is 5.54 Å². The van der Waals surface area contributed by atoms with Crippen molar-refractivity contribution in [2.75, 3.05) is 19.8 Å². The Balaban J connectivity index is 2.22. The number of halogens is 1. The van der Waals surface area contributed by atoms with Crippen LogP contribution >= 0.6 is 11.6 Å². The van der Waals surface area contributed by atoms with Crippen LogP contribution < -0.4 is 14.8 Å². The third-order valence-corrected chi connectivity index (χ3v) is 4.62. The molecular weight excluding hydrogens is 274 g/mol. The molecule has 0 bridgehead atoms. The van der Waals surface area contributed by atoms with E-state index in [0.717, 1.165) is 29.5 Å². The maximum atomic E-state index is 6.60. The highest BCUT2D eigenvalue weighted by Crippen LogP contribution is 2.48. The summed E-state index contributed by atoms with van der Waals surface area (Å²) < 4.78 is 11.6. The highest BCUT2D eigenvalue weighted by molar-refractivity contribution is 6.31. The second-order valence-corrected chi connectivity index (χ2v) is 6.60. The standard InChI is InChI=1S/C16H22ClNO2/c1-10(2)13-14(16(3)5-4-6-18-16)11(17)9-12-15(13)20-8-7-19-12/h9-10,18H,4-8H2,1-3H3. The molecule has 3 nitrogen and oxygen atoms in total. The highest BCUT2D eigenvalue weighted by atomic mass is 35.5. The Morgan fingerprint density at radius 1 is 1.30 bits per heavy atom. The van der Waals surface area contributed by atoms with Gasteiger partial charge in [0.05, 0.1) is 0 Å². The Morgan fingerprint density at radius 3 is 2.70 bits per heavy atom. The molecule has 1 saturated heterocycles. The number of fused-ring (bicyclic) bond motifs is 1. The minimum absolute atomic E-state index is 0.0630. The molecule has 1 N–H and O–H groups in total. The minimum Gasteiger partial charge on any atom is -0.486 e. The molecule has 4 heteroatoms. The Kier molecular flexibility index (Phi) is 3.59. The fourth-order valence-corrected chi connectivity index (χ4v) is 3.81. The van der Waals surface area contributed by atoms with Crippen LogP contribution in [0.2, 0.25) is 5.02 Å². The Bertz CT molecular complexity index is 522. The van der Waals surface area contributed by atoms with Gasteiger partial charge in [0.2, 0.25) is 0 Å². The van der Waals surface area contributed by atoms with Crippen LogP contribution in [0, 0.1) is 0 Å². The van der Waals surface area contributed by atoms with Crippen molar-refractivity contribution in [2.45, 2.75) is 45.1 Å². The van der Waals surface area contributed by atoms with Crippen molar-refractivity contribution in [2.24, 2.45) is 0 Å². The van der Waals surface area contributed by atoms with Crippen molar-refractivity contribution in [3.05, 3.63) is 22.2 Å². The number of rotatable bonds is 2. The molecule has 0 aromatic heterocycles. The van der Waals surface area contributed by atoms with Crippen LogP contribution in [0.4, 0.5) is 0 Å². The van der Waals surface area contributed by atoms with Gasteiger partial charge >= 0.3 is 0 Å². The largest absolute Gasteiger partial charge is 0.486 e. The van der Waals surface area contributed by atoms with Gasteiger partial charge in [0.25, 0.3) is 0 Å². The summed E-state index contributed by atoms with van der Waals surface area (Å²) in [6, 6.07) is 1.92. The summed E-state index contributed by atoms with van der Waals surface area (Å²) >= 11 is 6.60. The molecule has 20 heavy (non-hydrogen) atoms. The van der Waals surface area contributed by atoms with Gasteiger partial charge in [-0.05, 0) is 37.8 Å². The van der Waals surface area contributed by atoms with Crippen LogP contribution in [0.15, 0.2) is 6.07 Å². The first-order valence-corrected chi connectivity index (χ1v) is 7.78. The van der Waals surface area contributed by atoms with Crippen molar-refractivity contribution in [3.63, 3.8) is 0 Å². The molecule has 0 radical (unpaired) electrons. The number of ether oxygens (including phenoxy) is 2. The number of hydrogen-bond acceptors (Lipinski definition) is 3. The summed E-state index contributed by atoms with van der Waals surface area (Å²) in [5, 5.41) is 4.40. The topological polar surface area (TPSA) is 30.5 Å². The third kappa shape index (κ3) is 2.17. The summed E-state index contributed by atoms with van der Waals surface area (Å²) in [5.74, 6) is 2.02. The second-order valence-electron chi connectivity index (χ2n) is 6.19. The summed E-state index contributed by atoms with van der Waals surface area (Å²) in [4.78, 5) is 0. The first-order chi connectivity index (χ1) is 9.53. The molecule has 0 saturated carbocycles. The third-order valence-electron chi connectivity index (χ3n) is 4.32. The Labute approximate surface area is 125 Å². The van der Waals surface area contributed by atoms with Crippen LogP contribution in [-0.2, 0) is 5.54 Å². The fourth-order valence-electron chi connectivity index (χ4n) is 3.40. The monoisotopic (exact) mass is 295 g/mol. The molecule has 0 aliphatic carbocycles. The molecule has 2 aliphatic heterocycles. The predicted octanol–water partition coefficient (Wildman–Crippen LogP) is 3.83. The van der Waals surface area contributed by atoms with Gasteiger partial charge in [0, 0.05) is 22.2 Å². The van der Waals surface area contributed by atoms with Gasteiger partial charge in [-0.3, -0.25) is 0 Å². The molecule has 3 rings (SSSR count). The maximum Gasteiger partial charge on any atom is 0.165 e. The lowest BCUT2D eigenvalue weighted by Gasteiger charge is -2.33. The highest BCUT2D eigenvalue weighted by Gasteiger charge is 2.37. The molecule has 1 aromatic carbocycles. The van der Waals surface area contributed by atoms with Crippen molar-refractivity contribution in [3.8, 4) is 11.5 Å². The van der Waals surface area contributed by atoms with Gasteiger partial charge in [0.1, 0.15) is 13.2 Å². The molecule has 1 fully saturated rings. The first kappa shape index (κ1) is 14.0. The van der Waals surface area contributed by atoms with Crippen LogP contribution in [-0.4, -0.2) is 19.8 Å². The average Bonchev–Trinajstić information content (AvgIpc) is 2.84. The maximum absolute atomic E-state index is 6.60. The lowest BCUT2D eigenvalue weighted by molar-refractivity contribution is 0.168. The minimum atomic E-state index is -0.0630. The molecule has 1 aromatic rings. The number of nitrogens with one attached hydrogen (secondary N) is 1. The SMILES string of the molecule is CC(C)c1c2c(cc(Cl)c1C1(C)CCCN1)OCCO2. The fraction of sp³-hybridized carbons (Fsp3) is 0.625. The summed E-state index contributed by atoms with van der Waals surface area (Å²) in [7, 11) is 0. The predicted molar refractivity (Wildman–Crippen MR) is 81.1 cm³/mol. The van der Waals surface area contributed by atoms with E-state index >= 15 is 0 Å². The van der Waals surface area contributed by atoms with E-state index in [4.69, 9.17) is 21.1 Å². The van der Waals surface area contributed by atoms with E-state index in [1.165, 1.54) is 17.5 Å².